The number of rotatable bonds is 2. The molecule has 0 aliphatic carbocycles. The molecule has 0 fully saturated rings. The van der Waals surface area contributed by atoms with E-state index < -0.39 is 0 Å². The van der Waals surface area contributed by atoms with Crippen LogP contribution in [0.25, 0.3) is 21.7 Å². The Morgan fingerprint density at radius 3 is 2.89 bits per heavy atom. The molecule has 3 heterocycles. The molecule has 0 atom stereocenters. The number of aromatic nitrogens is 4. The van der Waals surface area contributed by atoms with Gasteiger partial charge in [-0.3, -0.25) is 4.98 Å². The first-order valence-electron chi connectivity index (χ1n) is 5.74. The number of nitrogens with two attached hydrogens (primary N) is 1. The van der Waals surface area contributed by atoms with Crippen molar-refractivity contribution in [3.05, 3.63) is 24.2 Å². The fraction of sp³-hybridized carbons (Fsp3) is 0.250. The second kappa shape index (κ2) is 4.06. The molecule has 0 aliphatic rings. The minimum Gasteiger partial charge on any atom is -0.375 e. The fourth-order valence-corrected chi connectivity index (χ4v) is 2.93. The number of aryl methyl sites for hydroxylation is 2. The zero-order valence-electron chi connectivity index (χ0n) is 10.2. The smallest absolute Gasteiger partial charge is 0.180 e. The van der Waals surface area contributed by atoms with Gasteiger partial charge in [-0.15, -0.1) is 0 Å². The number of pyridine rings is 1. The van der Waals surface area contributed by atoms with E-state index in [9.17, 15) is 0 Å². The molecule has 5 nitrogen and oxygen atoms in total. The second-order valence-corrected chi connectivity index (χ2v) is 5.04. The molecular formula is C12H13N5S. The summed E-state index contributed by atoms with van der Waals surface area (Å²) in [6.07, 6.45) is 3.57. The average molecular weight is 259 g/mol. The molecule has 0 aromatic carbocycles. The van der Waals surface area contributed by atoms with Gasteiger partial charge in [0.15, 0.2) is 11.0 Å². The SMILES string of the molecule is CCn1c(-c2sc(N)nc2C)nc2cnccc21. The maximum absolute atomic E-state index is 5.76. The third-order valence-corrected chi connectivity index (χ3v) is 3.87. The highest BCUT2D eigenvalue weighted by Gasteiger charge is 2.16. The topological polar surface area (TPSA) is 69.6 Å². The zero-order chi connectivity index (χ0) is 12.7. The molecule has 0 amide bonds. The van der Waals surface area contributed by atoms with E-state index in [2.05, 4.69) is 26.4 Å². The highest BCUT2D eigenvalue weighted by molar-refractivity contribution is 7.18. The van der Waals surface area contributed by atoms with E-state index in [0.717, 1.165) is 34.0 Å². The molecule has 0 saturated carbocycles. The molecule has 18 heavy (non-hydrogen) atoms. The van der Waals surface area contributed by atoms with Crippen LogP contribution in [0.5, 0.6) is 0 Å². The number of imidazole rings is 1. The van der Waals surface area contributed by atoms with Crippen molar-refractivity contribution in [2.24, 2.45) is 0 Å². The maximum Gasteiger partial charge on any atom is 0.180 e. The summed E-state index contributed by atoms with van der Waals surface area (Å²) in [4.78, 5) is 14.0. The van der Waals surface area contributed by atoms with E-state index in [1.807, 2.05) is 13.0 Å². The summed E-state index contributed by atoms with van der Waals surface area (Å²) in [7, 11) is 0. The number of nitrogens with zero attached hydrogens (tertiary/aromatic N) is 4. The van der Waals surface area contributed by atoms with Gasteiger partial charge in [-0.05, 0) is 19.9 Å². The van der Waals surface area contributed by atoms with Gasteiger partial charge in [-0.25, -0.2) is 9.97 Å². The molecule has 0 aliphatic heterocycles. The Balaban J connectivity index is 2.32. The van der Waals surface area contributed by atoms with Crippen LogP contribution in [0.4, 0.5) is 5.13 Å². The molecule has 2 N–H and O–H groups in total. The first kappa shape index (κ1) is 11.2. The van der Waals surface area contributed by atoms with Gasteiger partial charge in [0.05, 0.1) is 22.3 Å². The van der Waals surface area contributed by atoms with Gasteiger partial charge in [-0.2, -0.15) is 0 Å². The van der Waals surface area contributed by atoms with Gasteiger partial charge in [0.25, 0.3) is 0 Å². The number of hydrogen-bond donors (Lipinski definition) is 1. The quantitative estimate of drug-likeness (QED) is 0.767. The van der Waals surface area contributed by atoms with Gasteiger partial charge < -0.3 is 10.3 Å². The summed E-state index contributed by atoms with van der Waals surface area (Å²) >= 11 is 1.48. The van der Waals surface area contributed by atoms with Crippen LogP contribution in [-0.2, 0) is 6.54 Å². The summed E-state index contributed by atoms with van der Waals surface area (Å²) in [6.45, 7) is 4.91. The highest BCUT2D eigenvalue weighted by Crippen LogP contribution is 2.32. The van der Waals surface area contributed by atoms with Gasteiger partial charge in [0.2, 0.25) is 0 Å². The minimum absolute atomic E-state index is 0.579. The predicted molar refractivity (Wildman–Crippen MR) is 73.5 cm³/mol. The van der Waals surface area contributed by atoms with Crippen LogP contribution in [0, 0.1) is 6.92 Å². The van der Waals surface area contributed by atoms with Crippen LogP contribution < -0.4 is 5.73 Å². The summed E-state index contributed by atoms with van der Waals surface area (Å²) in [6, 6.07) is 1.98. The molecule has 3 aromatic heterocycles. The Bertz CT molecular complexity index is 712. The number of anilines is 1. The maximum atomic E-state index is 5.76. The summed E-state index contributed by atoms with van der Waals surface area (Å²) in [5.74, 6) is 0.923. The van der Waals surface area contributed by atoms with Gasteiger partial charge >= 0.3 is 0 Å². The van der Waals surface area contributed by atoms with E-state index in [1.165, 1.54) is 11.3 Å². The van der Waals surface area contributed by atoms with Crippen molar-refractivity contribution in [2.45, 2.75) is 20.4 Å². The Morgan fingerprint density at radius 1 is 1.39 bits per heavy atom. The molecule has 92 valence electrons. The number of fused-ring (bicyclic) bond motifs is 1. The molecule has 0 bridgehead atoms. The average Bonchev–Trinajstić information content (AvgIpc) is 2.88. The Kier molecular flexibility index (Phi) is 2.52. The standard InChI is InChI=1S/C12H13N5S/c1-3-17-9-4-5-14-6-8(9)16-11(17)10-7(2)15-12(13)18-10/h4-6H,3H2,1-2H3,(H2,13,15). The highest BCUT2D eigenvalue weighted by atomic mass is 32.1. The third-order valence-electron chi connectivity index (χ3n) is 2.88. The van der Waals surface area contributed by atoms with Crippen molar-refractivity contribution in [2.75, 3.05) is 5.73 Å². The van der Waals surface area contributed by atoms with E-state index in [4.69, 9.17) is 5.73 Å². The monoisotopic (exact) mass is 259 g/mol. The van der Waals surface area contributed by atoms with Crippen molar-refractivity contribution in [3.63, 3.8) is 0 Å². The first-order valence-corrected chi connectivity index (χ1v) is 6.56. The first-order chi connectivity index (χ1) is 8.70. The van der Waals surface area contributed by atoms with Crippen molar-refractivity contribution in [3.8, 4) is 10.7 Å². The summed E-state index contributed by atoms with van der Waals surface area (Å²) < 4.78 is 2.16. The Morgan fingerprint density at radius 2 is 2.22 bits per heavy atom. The number of thiazole rings is 1. The molecule has 0 unspecified atom stereocenters. The predicted octanol–water partition coefficient (Wildman–Crippen LogP) is 2.47. The van der Waals surface area contributed by atoms with Crippen LogP contribution in [0.2, 0.25) is 0 Å². The minimum atomic E-state index is 0.579. The lowest BCUT2D eigenvalue weighted by atomic mass is 10.3. The van der Waals surface area contributed by atoms with Crippen LogP contribution >= 0.6 is 11.3 Å². The summed E-state index contributed by atoms with van der Waals surface area (Å²) in [5, 5.41) is 0.579. The van der Waals surface area contributed by atoms with Crippen LogP contribution in [-0.4, -0.2) is 19.5 Å². The fourth-order valence-electron chi connectivity index (χ4n) is 2.10. The van der Waals surface area contributed by atoms with E-state index >= 15 is 0 Å². The molecule has 0 saturated heterocycles. The Hall–Kier alpha value is -1.95. The lowest BCUT2D eigenvalue weighted by Gasteiger charge is -2.04. The van der Waals surface area contributed by atoms with Crippen molar-refractivity contribution >= 4 is 27.5 Å². The Labute approximate surface area is 108 Å². The van der Waals surface area contributed by atoms with Crippen molar-refractivity contribution < 1.29 is 0 Å². The molecule has 0 radical (unpaired) electrons. The second-order valence-electron chi connectivity index (χ2n) is 4.01. The molecule has 3 rings (SSSR count). The number of hydrogen-bond acceptors (Lipinski definition) is 5. The van der Waals surface area contributed by atoms with E-state index in [0.29, 0.717) is 5.13 Å². The van der Waals surface area contributed by atoms with Gasteiger partial charge in [0.1, 0.15) is 5.52 Å². The number of nitrogen functional groups attached to an aromatic ring is 1. The van der Waals surface area contributed by atoms with Crippen LogP contribution in [0.15, 0.2) is 18.5 Å². The summed E-state index contributed by atoms with van der Waals surface area (Å²) in [5.41, 5.74) is 8.68. The van der Waals surface area contributed by atoms with E-state index in [1.54, 1.807) is 12.4 Å². The van der Waals surface area contributed by atoms with Gasteiger partial charge in [-0.1, -0.05) is 11.3 Å². The lowest BCUT2D eigenvalue weighted by molar-refractivity contribution is 0.797. The molecular weight excluding hydrogens is 246 g/mol. The molecule has 3 aromatic rings. The lowest BCUT2D eigenvalue weighted by Crippen LogP contribution is -1.97. The molecule has 0 spiro atoms. The van der Waals surface area contributed by atoms with Gasteiger partial charge in [0, 0.05) is 12.7 Å². The molecule has 6 heteroatoms. The largest absolute Gasteiger partial charge is 0.375 e. The van der Waals surface area contributed by atoms with Crippen LogP contribution in [0.1, 0.15) is 12.6 Å². The zero-order valence-corrected chi connectivity index (χ0v) is 11.0. The normalized spacial score (nSPS) is 11.2. The van der Waals surface area contributed by atoms with Crippen LogP contribution in [0.3, 0.4) is 0 Å². The van der Waals surface area contributed by atoms with Crippen molar-refractivity contribution in [1.29, 1.82) is 0 Å². The van der Waals surface area contributed by atoms with Crippen molar-refractivity contribution in [1.82, 2.24) is 19.5 Å². The van der Waals surface area contributed by atoms with E-state index in [-0.39, 0.29) is 0 Å². The third kappa shape index (κ3) is 1.57.